The summed E-state index contributed by atoms with van der Waals surface area (Å²) in [6.07, 6.45) is 3.27. The molecule has 3 atom stereocenters. The van der Waals surface area contributed by atoms with E-state index < -0.39 is 5.67 Å². The van der Waals surface area contributed by atoms with E-state index in [0.717, 1.165) is 59.5 Å². The molecule has 0 radical (unpaired) electrons. The third kappa shape index (κ3) is 5.37. The summed E-state index contributed by atoms with van der Waals surface area (Å²) in [7, 11) is 3.22. The molecule has 3 heterocycles. The molecule has 9 heteroatoms. The molecule has 2 aliphatic rings. The first-order valence-corrected chi connectivity index (χ1v) is 13.4. The van der Waals surface area contributed by atoms with Crippen LogP contribution in [0.15, 0.2) is 36.5 Å². The van der Waals surface area contributed by atoms with Crippen LogP contribution in [0.1, 0.15) is 43.0 Å². The van der Waals surface area contributed by atoms with E-state index in [1.165, 1.54) is 12.7 Å². The Balaban J connectivity index is 1.48. The lowest BCUT2D eigenvalue weighted by atomic mass is 9.82. The summed E-state index contributed by atoms with van der Waals surface area (Å²) >= 11 is 0. The van der Waals surface area contributed by atoms with Crippen LogP contribution in [0.5, 0.6) is 5.75 Å². The van der Waals surface area contributed by atoms with Gasteiger partial charge in [-0.15, -0.1) is 0 Å². The number of nitrogens with one attached hydrogen (secondary N) is 2. The number of fused-ring (bicyclic) bond motifs is 3. The van der Waals surface area contributed by atoms with Gasteiger partial charge in [-0.1, -0.05) is 12.1 Å². The highest BCUT2D eigenvalue weighted by molar-refractivity contribution is 5.83. The van der Waals surface area contributed by atoms with Crippen molar-refractivity contribution in [3.05, 3.63) is 53.2 Å². The molecule has 206 valence electrons. The van der Waals surface area contributed by atoms with Crippen LogP contribution in [0.4, 0.5) is 14.5 Å². The van der Waals surface area contributed by atoms with Crippen LogP contribution in [0.2, 0.25) is 0 Å². The van der Waals surface area contributed by atoms with Crippen molar-refractivity contribution in [1.29, 1.82) is 0 Å². The van der Waals surface area contributed by atoms with Crippen molar-refractivity contribution in [2.75, 3.05) is 59.0 Å². The Morgan fingerprint density at radius 2 is 1.97 bits per heavy atom. The van der Waals surface area contributed by atoms with Crippen LogP contribution in [-0.4, -0.2) is 91.4 Å². The maximum Gasteiger partial charge on any atom is 0.144 e. The maximum atomic E-state index is 15.6. The molecule has 0 spiro atoms. The van der Waals surface area contributed by atoms with Crippen molar-refractivity contribution >= 4 is 16.6 Å². The number of alkyl halides is 2. The molecule has 1 aromatic heterocycles. The molecule has 1 saturated heterocycles. The summed E-state index contributed by atoms with van der Waals surface area (Å²) < 4.78 is 39.2. The molecule has 2 N–H and O–H groups in total. The fourth-order valence-electron chi connectivity index (χ4n) is 6.13. The number of H-pyrrole nitrogens is 1. The van der Waals surface area contributed by atoms with E-state index in [1.54, 1.807) is 14.0 Å². The summed E-state index contributed by atoms with van der Waals surface area (Å²) in [5.74, 6) is 0.762. The van der Waals surface area contributed by atoms with E-state index >= 15 is 4.39 Å². The minimum absolute atomic E-state index is 0.0281. The van der Waals surface area contributed by atoms with Gasteiger partial charge in [-0.25, -0.2) is 4.39 Å². The van der Waals surface area contributed by atoms with Crippen LogP contribution < -0.4 is 10.1 Å². The normalized spacial score (nSPS) is 22.2. The molecule has 1 fully saturated rings. The zero-order chi connectivity index (χ0) is 26.9. The van der Waals surface area contributed by atoms with Crippen LogP contribution in [0.3, 0.4) is 0 Å². The number of anilines is 1. The van der Waals surface area contributed by atoms with Gasteiger partial charge in [0.15, 0.2) is 0 Å². The van der Waals surface area contributed by atoms with E-state index in [4.69, 9.17) is 9.47 Å². The van der Waals surface area contributed by atoms with Gasteiger partial charge < -0.3 is 14.8 Å². The first-order chi connectivity index (χ1) is 18.3. The molecule has 38 heavy (non-hydrogen) atoms. The smallest absolute Gasteiger partial charge is 0.144 e. The van der Waals surface area contributed by atoms with E-state index in [-0.39, 0.29) is 31.9 Å². The molecular weight excluding hydrogens is 488 g/mol. The zero-order valence-corrected chi connectivity index (χ0v) is 22.8. The molecule has 3 aromatic rings. The van der Waals surface area contributed by atoms with Crippen LogP contribution >= 0.6 is 0 Å². The largest absolute Gasteiger partial charge is 0.496 e. The lowest BCUT2D eigenvalue weighted by molar-refractivity contribution is 0.00207. The summed E-state index contributed by atoms with van der Waals surface area (Å²) in [6.45, 7) is 6.36. The zero-order valence-electron chi connectivity index (χ0n) is 22.8. The van der Waals surface area contributed by atoms with E-state index in [1.807, 2.05) is 12.3 Å². The first-order valence-electron chi connectivity index (χ1n) is 13.4. The number of methoxy groups -OCH3 is 2. The van der Waals surface area contributed by atoms with Gasteiger partial charge in [0.1, 0.15) is 11.4 Å². The average Bonchev–Trinajstić information content (AvgIpc) is 3.35. The quantitative estimate of drug-likeness (QED) is 0.376. The second kappa shape index (κ2) is 11.2. The highest BCUT2D eigenvalue weighted by Crippen LogP contribution is 2.44. The number of aromatic amines is 1. The molecule has 0 amide bonds. The Hall–Kier alpha value is -2.75. The van der Waals surface area contributed by atoms with E-state index in [9.17, 15) is 4.39 Å². The topological polar surface area (TPSA) is 65.7 Å². The van der Waals surface area contributed by atoms with Gasteiger partial charge in [-0.05, 0) is 49.9 Å². The minimum Gasteiger partial charge on any atom is -0.496 e. The SMILES string of the molecule is COC[C@@](C)(F)CN1[C@H](c2ccc(NC3CN(CCCF)C3)cc2OC)c2ccc3[nH]ncc3c2C[C@H]1C. The second-order valence-electron chi connectivity index (χ2n) is 11.0. The standard InChI is InChI=1S/C29H39F2N5O2/c1-19-12-24-22(8-9-26-25(24)14-32-34-26)28(36(19)17-29(2,31)18-37-3)23-7-6-20(13-27(23)38-4)33-21-15-35(16-21)11-5-10-30/h6-9,13-14,19,21,28,33H,5,10-12,15-18H2,1-4H3,(H,32,34)/t19-,28+,29+/m1/s1. The maximum absolute atomic E-state index is 15.6. The number of aromatic nitrogens is 2. The molecule has 0 bridgehead atoms. The van der Waals surface area contributed by atoms with Crippen LogP contribution in [0.25, 0.3) is 10.9 Å². The lowest BCUT2D eigenvalue weighted by Gasteiger charge is -2.45. The van der Waals surface area contributed by atoms with Gasteiger partial charge in [0.05, 0.1) is 44.2 Å². The molecule has 5 rings (SSSR count). The van der Waals surface area contributed by atoms with Crippen molar-refractivity contribution in [1.82, 2.24) is 20.0 Å². The Morgan fingerprint density at radius 3 is 2.71 bits per heavy atom. The molecule has 2 aliphatic heterocycles. The molecular formula is C29H39F2N5O2. The van der Waals surface area contributed by atoms with Crippen molar-refractivity contribution < 1.29 is 18.3 Å². The molecule has 7 nitrogen and oxygen atoms in total. The summed E-state index contributed by atoms with van der Waals surface area (Å²) in [5.41, 5.74) is 3.86. The number of likely N-dealkylation sites (tertiary alicyclic amines) is 1. The summed E-state index contributed by atoms with van der Waals surface area (Å²) in [4.78, 5) is 4.50. The van der Waals surface area contributed by atoms with Crippen molar-refractivity contribution in [3.63, 3.8) is 0 Å². The van der Waals surface area contributed by atoms with Gasteiger partial charge in [0.2, 0.25) is 0 Å². The van der Waals surface area contributed by atoms with Crippen LogP contribution in [0, 0.1) is 0 Å². The molecule has 0 saturated carbocycles. The van der Waals surface area contributed by atoms with Gasteiger partial charge in [-0.3, -0.25) is 19.3 Å². The Morgan fingerprint density at radius 1 is 1.18 bits per heavy atom. The highest BCUT2D eigenvalue weighted by atomic mass is 19.1. The van der Waals surface area contributed by atoms with Gasteiger partial charge >= 0.3 is 0 Å². The number of halogens is 2. The lowest BCUT2D eigenvalue weighted by Crippen LogP contribution is -2.54. The number of benzene rings is 2. The fraction of sp³-hybridized carbons (Fsp3) is 0.552. The monoisotopic (exact) mass is 527 g/mol. The number of ether oxygens (including phenoxy) is 2. The van der Waals surface area contributed by atoms with Gasteiger partial charge in [0.25, 0.3) is 0 Å². The molecule has 0 unspecified atom stereocenters. The predicted molar refractivity (Wildman–Crippen MR) is 147 cm³/mol. The third-order valence-corrected chi connectivity index (χ3v) is 7.89. The van der Waals surface area contributed by atoms with Crippen LogP contribution in [-0.2, 0) is 11.2 Å². The number of hydrogen-bond donors (Lipinski definition) is 2. The minimum atomic E-state index is -1.51. The summed E-state index contributed by atoms with van der Waals surface area (Å²) in [6, 6.07) is 10.6. The van der Waals surface area contributed by atoms with Gasteiger partial charge in [0, 0.05) is 62.0 Å². The second-order valence-corrected chi connectivity index (χ2v) is 11.0. The first kappa shape index (κ1) is 26.8. The van der Waals surface area contributed by atoms with Crippen molar-refractivity contribution in [2.45, 2.75) is 50.5 Å². The number of hydrogen-bond acceptors (Lipinski definition) is 6. The fourth-order valence-corrected chi connectivity index (χ4v) is 6.13. The molecule has 0 aliphatic carbocycles. The van der Waals surface area contributed by atoms with E-state index in [2.05, 4.69) is 56.5 Å². The summed E-state index contributed by atoms with van der Waals surface area (Å²) in [5, 5.41) is 12.1. The highest BCUT2D eigenvalue weighted by Gasteiger charge is 2.40. The Labute approximate surface area is 223 Å². The van der Waals surface area contributed by atoms with E-state index in [0.29, 0.717) is 12.5 Å². The molecule has 2 aromatic carbocycles. The van der Waals surface area contributed by atoms with Gasteiger partial charge in [-0.2, -0.15) is 5.10 Å². The third-order valence-electron chi connectivity index (χ3n) is 7.89. The number of rotatable bonds is 11. The van der Waals surface area contributed by atoms with Crippen molar-refractivity contribution in [3.8, 4) is 5.75 Å². The number of nitrogens with zero attached hydrogens (tertiary/aromatic N) is 3. The predicted octanol–water partition coefficient (Wildman–Crippen LogP) is 4.74. The Bertz CT molecular complexity index is 1240. The van der Waals surface area contributed by atoms with Crippen molar-refractivity contribution in [2.24, 2.45) is 0 Å². The average molecular weight is 528 g/mol. The Kier molecular flexibility index (Phi) is 7.88.